The first-order chi connectivity index (χ1) is 15.4. The van der Waals surface area contributed by atoms with E-state index in [1.165, 1.54) is 5.32 Å². The number of halogens is 9. The Hall–Kier alpha value is -3.20. The van der Waals surface area contributed by atoms with Crippen LogP contribution in [0.25, 0.3) is 0 Å². The maximum absolute atomic E-state index is 13.9. The van der Waals surface area contributed by atoms with Gasteiger partial charge in [-0.25, -0.2) is 4.79 Å². The number of amides is 2. The van der Waals surface area contributed by atoms with Gasteiger partial charge in [-0.15, -0.1) is 0 Å². The van der Waals surface area contributed by atoms with Gasteiger partial charge in [0.2, 0.25) is 0 Å². The quantitative estimate of drug-likeness (QED) is 0.320. The first-order valence-corrected chi connectivity index (χ1v) is 9.15. The first-order valence-electron chi connectivity index (χ1n) is 9.15. The van der Waals surface area contributed by atoms with E-state index in [0.717, 1.165) is 13.8 Å². The van der Waals surface area contributed by atoms with E-state index in [9.17, 15) is 53.9 Å². The van der Waals surface area contributed by atoms with Gasteiger partial charge in [0.1, 0.15) is 0 Å². The van der Waals surface area contributed by atoms with Gasteiger partial charge in [-0.1, -0.05) is 0 Å². The zero-order valence-corrected chi connectivity index (χ0v) is 17.2. The number of carbonyl (C=O) groups excluding carboxylic acids is 3. The molecule has 0 spiro atoms. The Bertz CT molecular complexity index is 848. The smallest absolute Gasteiger partial charge is 0.422 e. The summed E-state index contributed by atoms with van der Waals surface area (Å²) in [7, 11) is 0. The molecular formula is C18H17F9N2O5. The summed E-state index contributed by atoms with van der Waals surface area (Å²) in [4.78, 5) is 36.3. The van der Waals surface area contributed by atoms with Crippen LogP contribution in [0, 0.1) is 5.92 Å². The number of ether oxygens (including phenoxy) is 2. The van der Waals surface area contributed by atoms with Crippen LogP contribution in [0.2, 0.25) is 0 Å². The van der Waals surface area contributed by atoms with E-state index >= 15 is 0 Å². The van der Waals surface area contributed by atoms with Crippen molar-refractivity contribution in [2.75, 3.05) is 18.5 Å². The third kappa shape index (κ3) is 6.22. The number of carbonyl (C=O) groups is 3. The monoisotopic (exact) mass is 512 g/mol. The summed E-state index contributed by atoms with van der Waals surface area (Å²) in [6.07, 6.45) is -17.8. The van der Waals surface area contributed by atoms with E-state index in [2.05, 4.69) is 9.47 Å². The third-order valence-corrected chi connectivity index (χ3v) is 4.15. The van der Waals surface area contributed by atoms with Crippen molar-refractivity contribution in [3.05, 3.63) is 29.8 Å². The van der Waals surface area contributed by atoms with Gasteiger partial charge in [-0.3, -0.25) is 9.59 Å². The normalized spacial score (nSPS) is 12.8. The molecule has 34 heavy (non-hydrogen) atoms. The molecule has 0 unspecified atom stereocenters. The molecule has 0 aliphatic rings. The van der Waals surface area contributed by atoms with Crippen LogP contribution in [0.4, 0.5) is 50.0 Å². The summed E-state index contributed by atoms with van der Waals surface area (Å²) in [6, 6.07) is -0.334. The number of rotatable bonds is 7. The summed E-state index contributed by atoms with van der Waals surface area (Å²) in [6.45, 7) is 0.623. The number of esters is 2. The van der Waals surface area contributed by atoms with Crippen molar-refractivity contribution in [1.82, 2.24) is 5.32 Å². The molecule has 0 aliphatic heterocycles. The van der Waals surface area contributed by atoms with Crippen molar-refractivity contribution in [1.29, 1.82) is 0 Å². The number of urea groups is 1. The number of hydrogen-bond donors (Lipinski definition) is 2. The minimum Gasteiger partial charge on any atom is -0.465 e. The van der Waals surface area contributed by atoms with Gasteiger partial charge in [0.15, 0.2) is 5.92 Å². The van der Waals surface area contributed by atoms with Gasteiger partial charge < -0.3 is 20.1 Å². The van der Waals surface area contributed by atoms with Crippen LogP contribution in [0.5, 0.6) is 0 Å². The number of benzene rings is 1. The molecule has 1 aromatic rings. The van der Waals surface area contributed by atoms with Crippen molar-refractivity contribution in [3.63, 3.8) is 0 Å². The van der Waals surface area contributed by atoms with Gasteiger partial charge in [0, 0.05) is 5.69 Å². The summed E-state index contributed by atoms with van der Waals surface area (Å²) < 4.78 is 130. The molecule has 16 heteroatoms. The molecule has 192 valence electrons. The summed E-state index contributed by atoms with van der Waals surface area (Å²) in [5.74, 6) is -8.33. The van der Waals surface area contributed by atoms with Crippen molar-refractivity contribution in [2.45, 2.75) is 37.9 Å². The second-order valence-corrected chi connectivity index (χ2v) is 6.39. The maximum atomic E-state index is 13.9. The first kappa shape index (κ1) is 28.8. The standard InChI is InChI=1S/C18H17F9N2O5/c1-3-33-12(30)11(13(31)34-4-2)15(17(22,23)24,18(25,26)27)29-14(32)28-10-7-5-9(6-8-10)16(19,20)21/h5-8,11H,3-4H2,1-2H3,(H2,28,29,32). The molecule has 2 N–H and O–H groups in total. The molecule has 0 atom stereocenters. The highest BCUT2D eigenvalue weighted by Gasteiger charge is 2.79. The van der Waals surface area contributed by atoms with Crippen molar-refractivity contribution in [3.8, 4) is 0 Å². The highest BCUT2D eigenvalue weighted by atomic mass is 19.4. The zero-order chi connectivity index (χ0) is 26.5. The van der Waals surface area contributed by atoms with Gasteiger partial charge in [-0.05, 0) is 38.1 Å². The van der Waals surface area contributed by atoms with E-state index in [1.54, 1.807) is 0 Å². The second kappa shape index (κ2) is 10.4. The van der Waals surface area contributed by atoms with Gasteiger partial charge in [0.25, 0.3) is 5.54 Å². The fourth-order valence-electron chi connectivity index (χ4n) is 2.69. The van der Waals surface area contributed by atoms with Crippen LogP contribution in [-0.2, 0) is 25.2 Å². The van der Waals surface area contributed by atoms with Gasteiger partial charge in [-0.2, -0.15) is 39.5 Å². The minimum atomic E-state index is -6.51. The average molecular weight is 512 g/mol. The van der Waals surface area contributed by atoms with Gasteiger partial charge in [0.05, 0.1) is 18.8 Å². The predicted octanol–water partition coefficient (Wildman–Crippen LogP) is 4.43. The number of alkyl halides is 9. The van der Waals surface area contributed by atoms with Crippen LogP contribution < -0.4 is 10.6 Å². The Morgan fingerprint density at radius 1 is 0.794 bits per heavy atom. The Balaban J connectivity index is 3.53. The number of anilines is 1. The van der Waals surface area contributed by atoms with E-state index in [1.807, 2.05) is 0 Å². The lowest BCUT2D eigenvalue weighted by Gasteiger charge is -2.40. The number of hydrogen-bond acceptors (Lipinski definition) is 5. The zero-order valence-electron chi connectivity index (χ0n) is 17.2. The van der Waals surface area contributed by atoms with Crippen LogP contribution >= 0.6 is 0 Å². The molecule has 7 nitrogen and oxygen atoms in total. The predicted molar refractivity (Wildman–Crippen MR) is 95.2 cm³/mol. The van der Waals surface area contributed by atoms with Crippen molar-refractivity contribution < 1.29 is 63.4 Å². The molecule has 0 bridgehead atoms. The fourth-order valence-corrected chi connectivity index (χ4v) is 2.69. The Morgan fingerprint density at radius 2 is 1.21 bits per heavy atom. The minimum absolute atomic E-state index is 0.399. The van der Waals surface area contributed by atoms with E-state index in [4.69, 9.17) is 0 Å². The third-order valence-electron chi connectivity index (χ3n) is 4.15. The van der Waals surface area contributed by atoms with Crippen LogP contribution in [0.1, 0.15) is 19.4 Å². The second-order valence-electron chi connectivity index (χ2n) is 6.39. The van der Waals surface area contributed by atoms with Crippen molar-refractivity contribution >= 4 is 23.7 Å². The number of nitrogens with one attached hydrogen (secondary N) is 2. The molecular weight excluding hydrogens is 495 g/mol. The summed E-state index contributed by atoms with van der Waals surface area (Å²) >= 11 is 0. The molecule has 0 saturated heterocycles. The van der Waals surface area contributed by atoms with Gasteiger partial charge >= 0.3 is 36.5 Å². The lowest BCUT2D eigenvalue weighted by Crippen LogP contribution is -2.74. The lowest BCUT2D eigenvalue weighted by atomic mass is 9.81. The van der Waals surface area contributed by atoms with E-state index in [-0.39, 0.29) is 0 Å². The molecule has 0 radical (unpaired) electrons. The van der Waals surface area contributed by atoms with Crippen molar-refractivity contribution in [2.24, 2.45) is 5.92 Å². The highest BCUT2D eigenvalue weighted by molar-refractivity contribution is 5.99. The lowest BCUT2D eigenvalue weighted by molar-refractivity contribution is -0.317. The van der Waals surface area contributed by atoms with Crippen LogP contribution in [0.3, 0.4) is 0 Å². The molecule has 0 aliphatic carbocycles. The largest absolute Gasteiger partial charge is 0.465 e. The Kier molecular flexibility index (Phi) is 8.80. The van der Waals surface area contributed by atoms with E-state index < -0.39 is 72.4 Å². The average Bonchev–Trinajstić information content (AvgIpc) is 2.65. The highest BCUT2D eigenvalue weighted by Crippen LogP contribution is 2.48. The maximum Gasteiger partial charge on any atom is 0.422 e. The SMILES string of the molecule is CCOC(=O)C(C(=O)OCC)C(NC(=O)Nc1ccc(C(F)(F)F)cc1)(C(F)(F)F)C(F)(F)F. The molecule has 1 aromatic carbocycles. The Labute approximate surface area is 185 Å². The molecule has 0 aromatic heterocycles. The topological polar surface area (TPSA) is 93.7 Å². The molecule has 0 fully saturated rings. The molecule has 0 saturated carbocycles. The molecule has 0 heterocycles. The van der Waals surface area contributed by atoms with Crippen LogP contribution in [-0.4, -0.2) is 49.1 Å². The van der Waals surface area contributed by atoms with Crippen LogP contribution in [0.15, 0.2) is 24.3 Å². The molecule has 1 rings (SSSR count). The summed E-state index contributed by atoms with van der Waals surface area (Å²) in [5.41, 5.74) is -7.37. The molecule has 2 amide bonds. The van der Waals surface area contributed by atoms with E-state index in [0.29, 0.717) is 29.6 Å². The fraction of sp³-hybridized carbons (Fsp3) is 0.500. The summed E-state index contributed by atoms with van der Waals surface area (Å²) in [5, 5.41) is 2.05. The Morgan fingerprint density at radius 3 is 1.53 bits per heavy atom.